The van der Waals surface area contributed by atoms with Gasteiger partial charge < -0.3 is 14.2 Å². The van der Waals surface area contributed by atoms with E-state index in [-0.39, 0.29) is 23.0 Å². The highest BCUT2D eigenvalue weighted by Gasteiger charge is 2.31. The van der Waals surface area contributed by atoms with E-state index in [9.17, 15) is 18.8 Å². The molecule has 1 unspecified atom stereocenters. The van der Waals surface area contributed by atoms with Gasteiger partial charge in [-0.2, -0.15) is 5.26 Å². The van der Waals surface area contributed by atoms with Crippen LogP contribution in [0.15, 0.2) is 64.0 Å². The van der Waals surface area contributed by atoms with Gasteiger partial charge in [0.15, 0.2) is 0 Å². The lowest BCUT2D eigenvalue weighted by molar-refractivity contribution is 0.208. The average molecular weight is 580 g/mol. The number of hydrogen-bond acceptors (Lipinski definition) is 6. The molecule has 3 heterocycles. The molecule has 0 aliphatic carbocycles. The number of anilines is 1. The van der Waals surface area contributed by atoms with Crippen molar-refractivity contribution < 1.29 is 13.5 Å². The van der Waals surface area contributed by atoms with E-state index in [0.717, 1.165) is 11.1 Å². The summed E-state index contributed by atoms with van der Waals surface area (Å²) in [4.78, 5) is 21.9. The van der Waals surface area contributed by atoms with Crippen molar-refractivity contribution in [2.45, 2.75) is 6.04 Å². The molecule has 1 fully saturated rings. The summed E-state index contributed by atoms with van der Waals surface area (Å²) in [7, 11) is 3.12. The number of benzene rings is 2. The van der Waals surface area contributed by atoms with Crippen molar-refractivity contribution in [2.75, 3.05) is 38.2 Å². The topological polar surface area (TPSA) is 74.4 Å². The zero-order valence-electron chi connectivity index (χ0n) is 20.8. The molecule has 0 N–H and O–H groups in total. The minimum atomic E-state index is -0.409. The minimum absolute atomic E-state index is 0.0503. The molecule has 10 heteroatoms. The maximum absolute atomic E-state index is 14.0. The molecular formula is C28H24BrF2N5O2. The standard InChI is InChI=1S/C28H24BrF2N5O2/c1-34-22-9-10-24(29)33-25(22)27(21(16-32)28(34)37)36-13-11-35(12-14-36)26(17-3-5-18(30)6-4-17)20-8-7-19(31)15-23(20)38-2/h3-10,15,26H,11-14H2,1-2H3. The van der Waals surface area contributed by atoms with E-state index in [2.05, 4.69) is 31.9 Å². The first-order valence-electron chi connectivity index (χ1n) is 12.0. The SMILES string of the molecule is COc1cc(F)ccc1C(c1ccc(F)cc1)N1CCN(c2c(C#N)c(=O)n(C)c3ccc(Br)nc23)CC1. The van der Waals surface area contributed by atoms with Gasteiger partial charge in [0.2, 0.25) is 0 Å². The molecule has 1 aliphatic rings. The molecule has 1 aliphatic heterocycles. The van der Waals surface area contributed by atoms with Gasteiger partial charge in [-0.25, -0.2) is 13.8 Å². The molecule has 5 rings (SSSR count). The maximum Gasteiger partial charge on any atom is 0.270 e. The maximum atomic E-state index is 14.0. The molecule has 0 spiro atoms. The molecule has 0 saturated carbocycles. The number of pyridine rings is 2. The van der Waals surface area contributed by atoms with E-state index in [1.807, 2.05) is 4.90 Å². The fourth-order valence-electron chi connectivity index (χ4n) is 5.13. The van der Waals surface area contributed by atoms with Crippen molar-refractivity contribution in [3.05, 3.63) is 97.9 Å². The van der Waals surface area contributed by atoms with E-state index in [4.69, 9.17) is 4.74 Å². The van der Waals surface area contributed by atoms with Gasteiger partial charge in [-0.1, -0.05) is 18.2 Å². The summed E-state index contributed by atoms with van der Waals surface area (Å²) in [6.45, 7) is 2.12. The van der Waals surface area contributed by atoms with E-state index in [0.29, 0.717) is 53.3 Å². The molecule has 38 heavy (non-hydrogen) atoms. The molecule has 0 bridgehead atoms. The number of rotatable bonds is 5. The van der Waals surface area contributed by atoms with Crippen LogP contribution in [0.1, 0.15) is 22.7 Å². The van der Waals surface area contributed by atoms with Crippen LogP contribution < -0.4 is 15.2 Å². The second-order valence-corrected chi connectivity index (χ2v) is 9.88. The van der Waals surface area contributed by atoms with E-state index in [1.54, 1.807) is 37.4 Å². The van der Waals surface area contributed by atoms with Gasteiger partial charge in [0.1, 0.15) is 39.1 Å². The Morgan fingerprint density at radius 3 is 2.37 bits per heavy atom. The fourth-order valence-corrected chi connectivity index (χ4v) is 5.43. The van der Waals surface area contributed by atoms with E-state index < -0.39 is 5.82 Å². The fraction of sp³-hybridized carbons (Fsp3) is 0.250. The average Bonchev–Trinajstić information content (AvgIpc) is 2.92. The van der Waals surface area contributed by atoms with Crippen molar-refractivity contribution in [1.82, 2.24) is 14.5 Å². The molecule has 194 valence electrons. The predicted octanol–water partition coefficient (Wildman–Crippen LogP) is 4.77. The smallest absolute Gasteiger partial charge is 0.270 e. The lowest BCUT2D eigenvalue weighted by Gasteiger charge is -2.41. The van der Waals surface area contributed by atoms with Crippen LogP contribution in [-0.4, -0.2) is 47.7 Å². The number of methoxy groups -OCH3 is 1. The summed E-state index contributed by atoms with van der Waals surface area (Å²) in [6.07, 6.45) is 0. The third-order valence-electron chi connectivity index (χ3n) is 6.96. The van der Waals surface area contributed by atoms with Crippen molar-refractivity contribution in [3.63, 3.8) is 0 Å². The van der Waals surface area contributed by atoms with Gasteiger partial charge in [-0.15, -0.1) is 0 Å². The lowest BCUT2D eigenvalue weighted by Crippen LogP contribution is -2.48. The molecule has 2 aromatic heterocycles. The Kier molecular flexibility index (Phi) is 7.15. The molecule has 7 nitrogen and oxygen atoms in total. The minimum Gasteiger partial charge on any atom is -0.496 e. The second-order valence-electron chi connectivity index (χ2n) is 9.06. The van der Waals surface area contributed by atoms with Crippen LogP contribution in [-0.2, 0) is 7.05 Å². The van der Waals surface area contributed by atoms with Gasteiger partial charge in [-0.05, 0) is 51.8 Å². The number of halogens is 3. The van der Waals surface area contributed by atoms with Crippen LogP contribution >= 0.6 is 15.9 Å². The second kappa shape index (κ2) is 10.5. The normalized spacial score (nSPS) is 14.9. The molecular weight excluding hydrogens is 556 g/mol. The zero-order valence-corrected chi connectivity index (χ0v) is 22.4. The number of nitriles is 1. The van der Waals surface area contributed by atoms with Crippen molar-refractivity contribution in [3.8, 4) is 11.8 Å². The van der Waals surface area contributed by atoms with E-state index in [1.165, 1.54) is 35.9 Å². The molecule has 4 aromatic rings. The first kappa shape index (κ1) is 25.8. The third kappa shape index (κ3) is 4.64. The monoisotopic (exact) mass is 579 g/mol. The molecule has 0 radical (unpaired) electrons. The van der Waals surface area contributed by atoms with Crippen LogP contribution in [0.5, 0.6) is 5.75 Å². The van der Waals surface area contributed by atoms with Crippen molar-refractivity contribution in [2.24, 2.45) is 7.05 Å². The summed E-state index contributed by atoms with van der Waals surface area (Å²) in [5.74, 6) is -0.350. The Balaban J connectivity index is 1.54. The van der Waals surface area contributed by atoms with Gasteiger partial charge >= 0.3 is 0 Å². The highest BCUT2D eigenvalue weighted by molar-refractivity contribution is 9.10. The highest BCUT2D eigenvalue weighted by Crippen LogP contribution is 2.37. The van der Waals surface area contributed by atoms with E-state index >= 15 is 0 Å². The number of nitrogens with zero attached hydrogens (tertiary/aromatic N) is 5. The van der Waals surface area contributed by atoms with Crippen LogP contribution in [0.25, 0.3) is 11.0 Å². The van der Waals surface area contributed by atoms with Crippen molar-refractivity contribution in [1.29, 1.82) is 5.26 Å². The van der Waals surface area contributed by atoms with Crippen LogP contribution in [0.3, 0.4) is 0 Å². The number of aromatic nitrogens is 2. The number of piperazine rings is 1. The van der Waals surface area contributed by atoms with Crippen LogP contribution in [0, 0.1) is 23.0 Å². The molecule has 0 amide bonds. The summed E-state index contributed by atoms with van der Waals surface area (Å²) < 4.78 is 35.3. The largest absolute Gasteiger partial charge is 0.496 e. The molecule has 1 saturated heterocycles. The van der Waals surface area contributed by atoms with Crippen LogP contribution in [0.2, 0.25) is 0 Å². The molecule has 1 atom stereocenters. The summed E-state index contributed by atoms with van der Waals surface area (Å²) in [5, 5.41) is 9.91. The Morgan fingerprint density at radius 2 is 1.71 bits per heavy atom. The predicted molar refractivity (Wildman–Crippen MR) is 144 cm³/mol. The Bertz CT molecular complexity index is 1610. The summed E-state index contributed by atoms with van der Waals surface area (Å²) >= 11 is 3.41. The van der Waals surface area contributed by atoms with Gasteiger partial charge in [0.25, 0.3) is 5.56 Å². The highest BCUT2D eigenvalue weighted by atomic mass is 79.9. The number of fused-ring (bicyclic) bond motifs is 1. The quantitative estimate of drug-likeness (QED) is 0.317. The van der Waals surface area contributed by atoms with Gasteiger partial charge in [-0.3, -0.25) is 9.69 Å². The zero-order chi connectivity index (χ0) is 27.0. The lowest BCUT2D eigenvalue weighted by atomic mass is 9.95. The number of ether oxygens (including phenoxy) is 1. The Labute approximate surface area is 226 Å². The first-order chi connectivity index (χ1) is 18.3. The summed E-state index contributed by atoms with van der Waals surface area (Å²) in [6, 6.07) is 16.0. The van der Waals surface area contributed by atoms with Crippen LogP contribution in [0.4, 0.5) is 14.5 Å². The Morgan fingerprint density at radius 1 is 1.03 bits per heavy atom. The number of aryl methyl sites for hydroxylation is 1. The molecule has 2 aromatic carbocycles. The van der Waals surface area contributed by atoms with Gasteiger partial charge in [0.05, 0.1) is 24.4 Å². The summed E-state index contributed by atoms with van der Waals surface area (Å²) in [5.41, 5.74) is 3.00. The van der Waals surface area contributed by atoms with Crippen molar-refractivity contribution >= 4 is 32.7 Å². The number of hydrogen-bond donors (Lipinski definition) is 0. The van der Waals surface area contributed by atoms with Gasteiger partial charge in [0, 0.05) is 44.9 Å². The first-order valence-corrected chi connectivity index (χ1v) is 12.8. The Hall–Kier alpha value is -3.81. The third-order valence-corrected chi connectivity index (χ3v) is 7.41.